The van der Waals surface area contributed by atoms with Crippen LogP contribution in [0.5, 0.6) is 0 Å². The van der Waals surface area contributed by atoms with Gasteiger partial charge in [0.15, 0.2) is 6.29 Å². The molecule has 0 aromatic rings. The summed E-state index contributed by atoms with van der Waals surface area (Å²) in [6.45, 7) is 5.61. The van der Waals surface area contributed by atoms with Crippen molar-refractivity contribution in [3.8, 4) is 12.3 Å². The van der Waals surface area contributed by atoms with Gasteiger partial charge >= 0.3 is 0 Å². The molecule has 1 fully saturated rings. The van der Waals surface area contributed by atoms with Gasteiger partial charge in [0.1, 0.15) is 0 Å². The third-order valence-corrected chi connectivity index (χ3v) is 3.79. The van der Waals surface area contributed by atoms with Crippen molar-refractivity contribution in [2.45, 2.75) is 65.1 Å². The smallest absolute Gasteiger partial charge is 0.205 e. The Morgan fingerprint density at radius 3 is 2.68 bits per heavy atom. The molecule has 1 rings (SSSR count). The van der Waals surface area contributed by atoms with Gasteiger partial charge in [0.2, 0.25) is 5.78 Å². The second-order valence-corrected chi connectivity index (χ2v) is 5.84. The molecule has 1 aliphatic rings. The molecule has 0 saturated carbocycles. The molecule has 1 aliphatic heterocycles. The summed E-state index contributed by atoms with van der Waals surface area (Å²) < 4.78 is 11.2. The monoisotopic (exact) mass is 304 g/mol. The van der Waals surface area contributed by atoms with E-state index in [1.807, 2.05) is 6.92 Å². The fraction of sp³-hybridized carbons (Fsp3) is 0.632. The van der Waals surface area contributed by atoms with Gasteiger partial charge in [-0.25, -0.2) is 0 Å². The molecule has 22 heavy (non-hydrogen) atoms. The molecular formula is C19H28O3. The van der Waals surface area contributed by atoms with Crippen LogP contribution in [0.3, 0.4) is 0 Å². The molecule has 0 aliphatic carbocycles. The summed E-state index contributed by atoms with van der Waals surface area (Å²) in [6, 6.07) is 0. The number of hydrogen-bond donors (Lipinski definition) is 0. The average Bonchev–Trinajstić information content (AvgIpc) is 2.53. The first-order valence-electron chi connectivity index (χ1n) is 8.15. The summed E-state index contributed by atoms with van der Waals surface area (Å²) in [5.41, 5.74) is 2.54. The molecule has 1 unspecified atom stereocenters. The van der Waals surface area contributed by atoms with Gasteiger partial charge in [0, 0.05) is 13.0 Å². The summed E-state index contributed by atoms with van der Waals surface area (Å²) in [7, 11) is 0. The Bertz CT molecular complexity index is 434. The van der Waals surface area contributed by atoms with Gasteiger partial charge in [0.05, 0.1) is 6.61 Å². The Morgan fingerprint density at radius 2 is 2.00 bits per heavy atom. The Balaban J connectivity index is 2.15. The lowest BCUT2D eigenvalue weighted by atomic mass is 10.1. The van der Waals surface area contributed by atoms with Crippen LogP contribution in [0, 0.1) is 12.3 Å². The number of Topliss-reactive ketones (excluding diaryl/α,β-unsaturated/α-hetero) is 1. The minimum atomic E-state index is -0.120. The van der Waals surface area contributed by atoms with Gasteiger partial charge in [-0.15, -0.1) is 6.42 Å². The maximum atomic E-state index is 11.1. The molecule has 3 nitrogen and oxygen atoms in total. The lowest BCUT2D eigenvalue weighted by molar-refractivity contribution is -0.155. The zero-order valence-electron chi connectivity index (χ0n) is 13.9. The Morgan fingerprint density at radius 1 is 1.23 bits per heavy atom. The van der Waals surface area contributed by atoms with Crippen LogP contribution in [0.15, 0.2) is 23.3 Å². The molecule has 0 bridgehead atoms. The molecule has 1 heterocycles. The summed E-state index contributed by atoms with van der Waals surface area (Å²) in [6.07, 6.45) is 15.9. The number of hydrogen-bond acceptors (Lipinski definition) is 3. The van der Waals surface area contributed by atoms with Gasteiger partial charge in [-0.1, -0.05) is 23.3 Å². The van der Waals surface area contributed by atoms with E-state index in [0.29, 0.717) is 13.0 Å². The highest BCUT2D eigenvalue weighted by Crippen LogP contribution is 2.14. The SMILES string of the molecule is C#CC(=O)CCC(C)=CCCC(C)=CCOC1CCCCO1. The quantitative estimate of drug-likeness (QED) is 0.364. The third-order valence-electron chi connectivity index (χ3n) is 3.79. The number of carbonyl (C=O) groups excluding carboxylic acids is 1. The topological polar surface area (TPSA) is 35.5 Å². The molecule has 122 valence electrons. The van der Waals surface area contributed by atoms with E-state index in [1.165, 1.54) is 17.6 Å². The normalized spacial score (nSPS) is 19.8. The van der Waals surface area contributed by atoms with Crippen LogP contribution >= 0.6 is 0 Å². The van der Waals surface area contributed by atoms with E-state index in [4.69, 9.17) is 15.9 Å². The van der Waals surface area contributed by atoms with Crippen LogP contribution in [0.25, 0.3) is 0 Å². The van der Waals surface area contributed by atoms with Crippen LogP contribution in [-0.2, 0) is 14.3 Å². The lowest BCUT2D eigenvalue weighted by Gasteiger charge is -2.22. The van der Waals surface area contributed by atoms with Gasteiger partial charge in [0.25, 0.3) is 0 Å². The van der Waals surface area contributed by atoms with Crippen LogP contribution in [-0.4, -0.2) is 25.3 Å². The van der Waals surface area contributed by atoms with Crippen LogP contribution in [0.1, 0.15) is 58.8 Å². The molecule has 0 aromatic carbocycles. The van der Waals surface area contributed by atoms with E-state index in [-0.39, 0.29) is 12.1 Å². The molecule has 1 saturated heterocycles. The van der Waals surface area contributed by atoms with Gasteiger partial charge in [-0.3, -0.25) is 4.79 Å². The van der Waals surface area contributed by atoms with Gasteiger partial charge in [-0.2, -0.15) is 0 Å². The van der Waals surface area contributed by atoms with E-state index >= 15 is 0 Å². The van der Waals surface area contributed by atoms with E-state index in [1.54, 1.807) is 0 Å². The zero-order valence-corrected chi connectivity index (χ0v) is 13.9. The van der Waals surface area contributed by atoms with Gasteiger partial charge < -0.3 is 9.47 Å². The zero-order chi connectivity index (χ0) is 16.2. The fourth-order valence-electron chi connectivity index (χ4n) is 2.27. The number of carbonyl (C=O) groups is 1. The number of ether oxygens (including phenoxy) is 2. The first-order valence-corrected chi connectivity index (χ1v) is 8.15. The number of rotatable bonds is 9. The van der Waals surface area contributed by atoms with E-state index in [0.717, 1.165) is 38.7 Å². The maximum absolute atomic E-state index is 11.1. The van der Waals surface area contributed by atoms with Crippen molar-refractivity contribution >= 4 is 5.78 Å². The van der Waals surface area contributed by atoms with Crippen LogP contribution in [0.2, 0.25) is 0 Å². The second kappa shape index (κ2) is 11.2. The Kier molecular flexibility index (Phi) is 9.54. The van der Waals surface area contributed by atoms with Crippen molar-refractivity contribution in [1.82, 2.24) is 0 Å². The van der Waals surface area contributed by atoms with Crippen molar-refractivity contribution < 1.29 is 14.3 Å². The first kappa shape index (κ1) is 18.7. The minimum Gasteiger partial charge on any atom is -0.353 e. The van der Waals surface area contributed by atoms with Crippen molar-refractivity contribution in [3.05, 3.63) is 23.3 Å². The van der Waals surface area contributed by atoms with Crippen molar-refractivity contribution in [2.24, 2.45) is 0 Å². The number of allylic oxidation sites excluding steroid dienone is 3. The standard InChI is InChI=1S/C19H28O3/c1-4-18(20)12-11-16(2)8-7-9-17(3)13-15-22-19-10-5-6-14-21-19/h1,8,13,19H,5-7,9-12,14-15H2,2-3H3. The van der Waals surface area contributed by atoms with Crippen molar-refractivity contribution in [3.63, 3.8) is 0 Å². The highest BCUT2D eigenvalue weighted by atomic mass is 16.7. The largest absolute Gasteiger partial charge is 0.353 e. The predicted molar refractivity (Wildman–Crippen MR) is 89.4 cm³/mol. The molecule has 3 heteroatoms. The Labute approximate surface area is 134 Å². The van der Waals surface area contributed by atoms with Gasteiger partial charge in [-0.05, 0) is 58.3 Å². The highest BCUT2D eigenvalue weighted by molar-refractivity contribution is 5.94. The average molecular weight is 304 g/mol. The van der Waals surface area contributed by atoms with Crippen molar-refractivity contribution in [2.75, 3.05) is 13.2 Å². The summed E-state index contributed by atoms with van der Waals surface area (Å²) in [4.78, 5) is 11.1. The van der Waals surface area contributed by atoms with E-state index in [9.17, 15) is 4.79 Å². The Hall–Kier alpha value is -1.37. The lowest BCUT2D eigenvalue weighted by Crippen LogP contribution is -2.22. The number of ketones is 1. The summed E-state index contributed by atoms with van der Waals surface area (Å²) >= 11 is 0. The first-order chi connectivity index (χ1) is 10.6. The molecule has 0 aromatic heterocycles. The highest BCUT2D eigenvalue weighted by Gasteiger charge is 2.12. The minimum absolute atomic E-state index is 0.0198. The van der Waals surface area contributed by atoms with Crippen molar-refractivity contribution in [1.29, 1.82) is 0 Å². The maximum Gasteiger partial charge on any atom is 0.205 e. The van der Waals surface area contributed by atoms with E-state index in [2.05, 4.69) is 25.0 Å². The van der Waals surface area contributed by atoms with E-state index < -0.39 is 0 Å². The predicted octanol–water partition coefficient (Wildman–Crippen LogP) is 4.18. The molecule has 0 spiro atoms. The second-order valence-electron chi connectivity index (χ2n) is 5.84. The summed E-state index contributed by atoms with van der Waals surface area (Å²) in [5, 5.41) is 0. The molecular weight excluding hydrogens is 276 g/mol. The summed E-state index contributed by atoms with van der Waals surface area (Å²) in [5.74, 6) is 2.03. The molecule has 0 N–H and O–H groups in total. The van der Waals surface area contributed by atoms with Crippen LogP contribution < -0.4 is 0 Å². The van der Waals surface area contributed by atoms with Crippen LogP contribution in [0.4, 0.5) is 0 Å². The molecule has 0 radical (unpaired) electrons. The molecule has 1 atom stereocenters. The third kappa shape index (κ3) is 8.81. The molecule has 0 amide bonds. The fourth-order valence-corrected chi connectivity index (χ4v) is 2.27. The number of terminal acetylenes is 1.